The van der Waals surface area contributed by atoms with Gasteiger partial charge in [-0.3, -0.25) is 4.79 Å². The van der Waals surface area contributed by atoms with Gasteiger partial charge in [0, 0.05) is 39.3 Å². The van der Waals surface area contributed by atoms with Crippen LogP contribution in [-0.2, 0) is 9.53 Å². The Bertz CT molecular complexity index is 164. The zero-order valence-electron chi connectivity index (χ0n) is 9.03. The second-order valence-electron chi connectivity index (χ2n) is 3.39. The monoisotopic (exact) mass is 203 g/mol. The van der Waals surface area contributed by atoms with Gasteiger partial charge >= 0.3 is 0 Å². The molecule has 84 valence electrons. The van der Waals surface area contributed by atoms with E-state index in [1.165, 1.54) is 0 Å². The molecule has 0 aromatic carbocycles. The van der Waals surface area contributed by atoms with Crippen molar-refractivity contribution in [1.29, 1.82) is 0 Å². The molecule has 0 bridgehead atoms. The highest BCUT2D eigenvalue weighted by Gasteiger charge is 2.14. The van der Waals surface area contributed by atoms with Crippen LogP contribution >= 0.6 is 0 Å². The van der Waals surface area contributed by atoms with E-state index in [0.29, 0.717) is 13.0 Å². The van der Waals surface area contributed by atoms with Gasteiger partial charge in [0.05, 0.1) is 0 Å². The van der Waals surface area contributed by atoms with Gasteiger partial charge < -0.3 is 21.1 Å². The molecule has 0 heterocycles. The van der Waals surface area contributed by atoms with E-state index in [1.807, 2.05) is 11.9 Å². The maximum atomic E-state index is 10.7. The van der Waals surface area contributed by atoms with E-state index in [9.17, 15) is 4.79 Å². The molecular formula is C9H21N3O2. The molecule has 5 nitrogen and oxygen atoms in total. The highest BCUT2D eigenvalue weighted by molar-refractivity contribution is 5.74. The third kappa shape index (κ3) is 5.90. The lowest BCUT2D eigenvalue weighted by atomic mass is 10.1. The number of rotatable bonds is 8. The molecule has 0 rings (SSSR count). The number of carbonyl (C=O) groups is 1. The highest BCUT2D eigenvalue weighted by atomic mass is 16.5. The summed E-state index contributed by atoms with van der Waals surface area (Å²) >= 11 is 0. The number of nitrogens with zero attached hydrogens (tertiary/aromatic N) is 1. The molecule has 1 unspecified atom stereocenters. The summed E-state index contributed by atoms with van der Waals surface area (Å²) in [5, 5.41) is 0. The van der Waals surface area contributed by atoms with Crippen LogP contribution in [0.3, 0.4) is 0 Å². The van der Waals surface area contributed by atoms with Gasteiger partial charge in [-0.1, -0.05) is 0 Å². The molecule has 4 N–H and O–H groups in total. The Morgan fingerprint density at radius 2 is 2.21 bits per heavy atom. The largest absolute Gasteiger partial charge is 0.385 e. The third-order valence-corrected chi connectivity index (χ3v) is 2.19. The number of primary amides is 1. The second kappa shape index (κ2) is 7.73. The molecule has 0 fully saturated rings. The summed E-state index contributed by atoms with van der Waals surface area (Å²) in [6, 6.07) is 0.0457. The number of likely N-dealkylation sites (N-methyl/N-ethyl adjacent to an activating group) is 1. The number of nitrogens with two attached hydrogens (primary N) is 2. The van der Waals surface area contributed by atoms with E-state index in [2.05, 4.69) is 0 Å². The van der Waals surface area contributed by atoms with Crippen LogP contribution in [0.5, 0.6) is 0 Å². The van der Waals surface area contributed by atoms with Crippen LogP contribution in [0.2, 0.25) is 0 Å². The lowest BCUT2D eigenvalue weighted by Gasteiger charge is -2.25. The molecular weight excluding hydrogens is 182 g/mol. The molecule has 0 spiro atoms. The summed E-state index contributed by atoms with van der Waals surface area (Å²) in [6.07, 6.45) is 1.25. The lowest BCUT2D eigenvalue weighted by Crippen LogP contribution is -2.41. The van der Waals surface area contributed by atoms with Gasteiger partial charge in [-0.15, -0.1) is 0 Å². The fraction of sp³-hybridized carbons (Fsp3) is 0.889. The van der Waals surface area contributed by atoms with E-state index < -0.39 is 0 Å². The van der Waals surface area contributed by atoms with Gasteiger partial charge in [0.1, 0.15) is 0 Å². The molecule has 1 amide bonds. The number of hydrogen-bond acceptors (Lipinski definition) is 4. The van der Waals surface area contributed by atoms with Crippen molar-refractivity contribution in [3.63, 3.8) is 0 Å². The van der Waals surface area contributed by atoms with E-state index in [4.69, 9.17) is 16.2 Å². The van der Waals surface area contributed by atoms with Crippen LogP contribution in [-0.4, -0.2) is 50.7 Å². The Kier molecular flexibility index (Phi) is 7.37. The second-order valence-corrected chi connectivity index (χ2v) is 3.39. The summed E-state index contributed by atoms with van der Waals surface area (Å²) in [7, 11) is 3.61. The van der Waals surface area contributed by atoms with E-state index >= 15 is 0 Å². The minimum Gasteiger partial charge on any atom is -0.385 e. The molecule has 0 aromatic rings. The molecule has 1 atom stereocenters. The average molecular weight is 203 g/mol. The molecule has 0 aliphatic rings. The third-order valence-electron chi connectivity index (χ3n) is 2.19. The number of amides is 1. The first-order valence-electron chi connectivity index (χ1n) is 4.79. The topological polar surface area (TPSA) is 81.6 Å². The minimum atomic E-state index is -0.306. The number of carbonyl (C=O) groups excluding carboxylic acids is 1. The van der Waals surface area contributed by atoms with Gasteiger partial charge in [0.2, 0.25) is 5.91 Å². The van der Waals surface area contributed by atoms with E-state index in [1.54, 1.807) is 7.11 Å². The standard InChI is InChI=1S/C9H21N3O2/c1-12(4-3-5-14-2)8(7-10)6-9(11)13/h8H,3-7,10H2,1-2H3,(H2,11,13). The van der Waals surface area contributed by atoms with Crippen molar-refractivity contribution < 1.29 is 9.53 Å². The van der Waals surface area contributed by atoms with Crippen LogP contribution < -0.4 is 11.5 Å². The SMILES string of the molecule is COCCCN(C)C(CN)CC(N)=O. The number of hydrogen-bond donors (Lipinski definition) is 2. The molecule has 0 aliphatic carbocycles. The van der Waals surface area contributed by atoms with Gasteiger partial charge in [0.25, 0.3) is 0 Å². The first-order valence-corrected chi connectivity index (χ1v) is 4.79. The van der Waals surface area contributed by atoms with E-state index in [0.717, 1.165) is 19.6 Å². The van der Waals surface area contributed by atoms with Crippen LogP contribution in [0.4, 0.5) is 0 Å². The van der Waals surface area contributed by atoms with Crippen molar-refractivity contribution in [1.82, 2.24) is 4.90 Å². The molecule has 0 saturated heterocycles. The van der Waals surface area contributed by atoms with Crippen LogP contribution in [0.1, 0.15) is 12.8 Å². The van der Waals surface area contributed by atoms with Crippen molar-refractivity contribution >= 4 is 5.91 Å². The minimum absolute atomic E-state index is 0.0457. The van der Waals surface area contributed by atoms with Gasteiger partial charge in [-0.25, -0.2) is 0 Å². The molecule has 0 aromatic heterocycles. The average Bonchev–Trinajstić information content (AvgIpc) is 2.14. The van der Waals surface area contributed by atoms with Gasteiger partial charge in [-0.2, -0.15) is 0 Å². The van der Waals surface area contributed by atoms with Crippen molar-refractivity contribution in [3.8, 4) is 0 Å². The van der Waals surface area contributed by atoms with Crippen molar-refractivity contribution in [2.75, 3.05) is 33.9 Å². The predicted octanol–water partition coefficient (Wildman–Crippen LogP) is -0.843. The zero-order valence-corrected chi connectivity index (χ0v) is 9.03. The van der Waals surface area contributed by atoms with Crippen molar-refractivity contribution in [2.45, 2.75) is 18.9 Å². The van der Waals surface area contributed by atoms with Crippen LogP contribution in [0.15, 0.2) is 0 Å². The summed E-state index contributed by atoms with van der Waals surface area (Å²) in [5.74, 6) is -0.306. The molecule has 0 radical (unpaired) electrons. The summed E-state index contributed by atoms with van der Waals surface area (Å²) < 4.78 is 4.94. The number of ether oxygens (including phenoxy) is 1. The Morgan fingerprint density at radius 3 is 2.64 bits per heavy atom. The Hall–Kier alpha value is -0.650. The highest BCUT2D eigenvalue weighted by Crippen LogP contribution is 2.00. The summed E-state index contributed by atoms with van der Waals surface area (Å²) in [4.78, 5) is 12.8. The summed E-state index contributed by atoms with van der Waals surface area (Å²) in [6.45, 7) is 2.04. The van der Waals surface area contributed by atoms with Crippen molar-refractivity contribution in [3.05, 3.63) is 0 Å². The Morgan fingerprint density at radius 1 is 1.57 bits per heavy atom. The maximum Gasteiger partial charge on any atom is 0.219 e. The van der Waals surface area contributed by atoms with Gasteiger partial charge in [0.15, 0.2) is 0 Å². The van der Waals surface area contributed by atoms with Gasteiger partial charge in [-0.05, 0) is 13.5 Å². The first kappa shape index (κ1) is 13.4. The van der Waals surface area contributed by atoms with Crippen LogP contribution in [0, 0.1) is 0 Å². The summed E-state index contributed by atoms with van der Waals surface area (Å²) in [5.41, 5.74) is 10.7. The smallest absolute Gasteiger partial charge is 0.219 e. The fourth-order valence-corrected chi connectivity index (χ4v) is 1.29. The Balaban J connectivity index is 3.78. The van der Waals surface area contributed by atoms with Crippen LogP contribution in [0.25, 0.3) is 0 Å². The van der Waals surface area contributed by atoms with E-state index in [-0.39, 0.29) is 11.9 Å². The predicted molar refractivity (Wildman–Crippen MR) is 55.8 cm³/mol. The molecule has 5 heteroatoms. The number of methoxy groups -OCH3 is 1. The quantitative estimate of drug-likeness (QED) is 0.504. The lowest BCUT2D eigenvalue weighted by molar-refractivity contribution is -0.119. The molecule has 14 heavy (non-hydrogen) atoms. The fourth-order valence-electron chi connectivity index (χ4n) is 1.29. The van der Waals surface area contributed by atoms with Crippen molar-refractivity contribution in [2.24, 2.45) is 11.5 Å². The maximum absolute atomic E-state index is 10.7. The normalized spacial score (nSPS) is 13.1. The Labute approximate surface area is 85.4 Å². The molecule has 0 saturated carbocycles. The zero-order chi connectivity index (χ0) is 11.0. The molecule has 0 aliphatic heterocycles. The first-order chi connectivity index (χ1) is 6.61.